The number of rotatable bonds is 4. The first-order valence-corrected chi connectivity index (χ1v) is 4.95. The van der Waals surface area contributed by atoms with E-state index in [2.05, 4.69) is 4.98 Å². The number of carbonyl (C=O) groups excluding carboxylic acids is 2. The number of hydrogen-bond donors (Lipinski definition) is 1. The molecule has 0 spiro atoms. The molecule has 2 N–H and O–H groups in total. The molecule has 0 aromatic carbocycles. The van der Waals surface area contributed by atoms with E-state index in [1.807, 2.05) is 0 Å². The van der Waals surface area contributed by atoms with Gasteiger partial charge in [-0.05, 0) is 19.9 Å². The maximum atomic E-state index is 11.2. The van der Waals surface area contributed by atoms with E-state index in [0.717, 1.165) is 0 Å². The molecule has 1 aromatic heterocycles. The van der Waals surface area contributed by atoms with E-state index in [1.165, 1.54) is 19.2 Å². The number of nitrogens with zero attached hydrogens (tertiary/aromatic N) is 1. The van der Waals surface area contributed by atoms with Crippen molar-refractivity contribution in [3.8, 4) is 0 Å². The number of nitrogen functional groups attached to an aromatic ring is 1. The van der Waals surface area contributed by atoms with Crippen molar-refractivity contribution in [3.63, 3.8) is 0 Å². The molecule has 0 fully saturated rings. The first-order chi connectivity index (χ1) is 7.54. The molecule has 0 unspecified atom stereocenters. The maximum absolute atomic E-state index is 11.2. The molecule has 1 rings (SSSR count). The lowest BCUT2D eigenvalue weighted by Crippen LogP contribution is -2.10. The number of Topliss-reactive ketones (excluding diaryl/α,β-unsaturated/α-hetero) is 1. The normalized spacial score (nSPS) is 9.88. The molecule has 0 bridgehead atoms. The van der Waals surface area contributed by atoms with Gasteiger partial charge in [0.2, 0.25) is 0 Å². The van der Waals surface area contributed by atoms with Gasteiger partial charge in [-0.2, -0.15) is 0 Å². The van der Waals surface area contributed by atoms with Crippen LogP contribution in [0.2, 0.25) is 0 Å². The summed E-state index contributed by atoms with van der Waals surface area (Å²) in [6.07, 6.45) is 1.43. The Morgan fingerprint density at radius 3 is 2.75 bits per heavy atom. The smallest absolute Gasteiger partial charge is 0.311 e. The summed E-state index contributed by atoms with van der Waals surface area (Å²) in [5, 5.41) is 0. The number of ether oxygens (including phenoxy) is 1. The van der Waals surface area contributed by atoms with E-state index in [9.17, 15) is 9.59 Å². The van der Waals surface area contributed by atoms with Crippen molar-refractivity contribution in [2.24, 2.45) is 0 Å². The van der Waals surface area contributed by atoms with Gasteiger partial charge in [-0.3, -0.25) is 14.6 Å². The van der Waals surface area contributed by atoms with Crippen LogP contribution < -0.4 is 5.73 Å². The molecule has 0 aliphatic rings. The largest absolute Gasteiger partial charge is 0.466 e. The van der Waals surface area contributed by atoms with Crippen LogP contribution in [0.5, 0.6) is 0 Å². The van der Waals surface area contributed by atoms with Crippen LogP contribution in [0.25, 0.3) is 0 Å². The highest BCUT2D eigenvalue weighted by molar-refractivity contribution is 5.99. The molecule has 16 heavy (non-hydrogen) atoms. The molecule has 86 valence electrons. The van der Waals surface area contributed by atoms with Crippen molar-refractivity contribution in [3.05, 3.63) is 23.5 Å². The molecular formula is C11H14N2O3. The summed E-state index contributed by atoms with van der Waals surface area (Å²) in [6, 6.07) is 1.52. The summed E-state index contributed by atoms with van der Waals surface area (Å²) < 4.78 is 4.78. The number of hydrogen-bond acceptors (Lipinski definition) is 5. The van der Waals surface area contributed by atoms with Gasteiger partial charge >= 0.3 is 5.97 Å². The number of carbonyl (C=O) groups is 2. The fourth-order valence-electron chi connectivity index (χ4n) is 1.27. The van der Waals surface area contributed by atoms with Gasteiger partial charge in [0.25, 0.3) is 0 Å². The van der Waals surface area contributed by atoms with Gasteiger partial charge in [-0.15, -0.1) is 0 Å². The Hall–Kier alpha value is -1.91. The Morgan fingerprint density at radius 1 is 1.50 bits per heavy atom. The number of aromatic nitrogens is 1. The molecule has 5 heteroatoms. The highest BCUT2D eigenvalue weighted by atomic mass is 16.5. The van der Waals surface area contributed by atoms with Gasteiger partial charge in [0.15, 0.2) is 5.78 Å². The Bertz CT molecular complexity index is 416. The highest BCUT2D eigenvalue weighted by Gasteiger charge is 2.10. The fourth-order valence-corrected chi connectivity index (χ4v) is 1.27. The van der Waals surface area contributed by atoms with Crippen LogP contribution in [0.4, 0.5) is 5.69 Å². The summed E-state index contributed by atoms with van der Waals surface area (Å²) in [5.41, 5.74) is 6.77. The Labute approximate surface area is 93.6 Å². The fraction of sp³-hybridized carbons (Fsp3) is 0.364. The van der Waals surface area contributed by atoms with Gasteiger partial charge in [0, 0.05) is 5.56 Å². The molecule has 1 heterocycles. The van der Waals surface area contributed by atoms with Crippen molar-refractivity contribution >= 4 is 17.4 Å². The summed E-state index contributed by atoms with van der Waals surface area (Å²) in [5.74, 6) is -0.515. The molecule has 1 aromatic rings. The molecular weight excluding hydrogens is 208 g/mol. The molecule has 0 aliphatic heterocycles. The summed E-state index contributed by atoms with van der Waals surface area (Å²) in [6.45, 7) is 3.47. The van der Waals surface area contributed by atoms with Crippen LogP contribution in [0.1, 0.15) is 29.9 Å². The van der Waals surface area contributed by atoms with Crippen LogP contribution in [-0.4, -0.2) is 23.3 Å². The summed E-state index contributed by atoms with van der Waals surface area (Å²) in [7, 11) is 0. The number of nitrogens with two attached hydrogens (primary N) is 1. The lowest BCUT2D eigenvalue weighted by molar-refractivity contribution is -0.142. The second-order valence-electron chi connectivity index (χ2n) is 3.30. The zero-order valence-electron chi connectivity index (χ0n) is 9.32. The molecule has 0 aliphatic carbocycles. The second kappa shape index (κ2) is 5.25. The van der Waals surface area contributed by atoms with Crippen molar-refractivity contribution in [2.45, 2.75) is 20.3 Å². The number of pyridine rings is 1. The first-order valence-electron chi connectivity index (χ1n) is 4.95. The van der Waals surface area contributed by atoms with Gasteiger partial charge in [-0.1, -0.05) is 0 Å². The topological polar surface area (TPSA) is 82.3 Å². The van der Waals surface area contributed by atoms with Crippen LogP contribution in [0.3, 0.4) is 0 Å². The van der Waals surface area contributed by atoms with E-state index in [0.29, 0.717) is 23.6 Å². The Kier molecular flexibility index (Phi) is 3.99. The van der Waals surface area contributed by atoms with E-state index >= 15 is 0 Å². The van der Waals surface area contributed by atoms with E-state index < -0.39 is 0 Å². The van der Waals surface area contributed by atoms with Crippen LogP contribution >= 0.6 is 0 Å². The predicted molar refractivity (Wildman–Crippen MR) is 59.0 cm³/mol. The molecule has 0 radical (unpaired) electrons. The predicted octanol–water partition coefficient (Wildman–Crippen LogP) is 0.972. The zero-order chi connectivity index (χ0) is 12.1. The van der Waals surface area contributed by atoms with Crippen molar-refractivity contribution in [1.82, 2.24) is 4.98 Å². The average molecular weight is 222 g/mol. The van der Waals surface area contributed by atoms with Crippen LogP contribution in [0.15, 0.2) is 12.3 Å². The monoisotopic (exact) mass is 222 g/mol. The molecule has 0 saturated heterocycles. The molecule has 0 saturated carbocycles. The number of anilines is 1. The Balaban J connectivity index is 2.87. The minimum absolute atomic E-state index is 0.0500. The minimum Gasteiger partial charge on any atom is -0.466 e. The Morgan fingerprint density at radius 2 is 2.19 bits per heavy atom. The second-order valence-corrected chi connectivity index (χ2v) is 3.30. The average Bonchev–Trinajstić information content (AvgIpc) is 2.21. The van der Waals surface area contributed by atoms with E-state index in [1.54, 1.807) is 6.92 Å². The molecule has 0 amide bonds. The van der Waals surface area contributed by atoms with Gasteiger partial charge < -0.3 is 10.5 Å². The molecule has 5 nitrogen and oxygen atoms in total. The van der Waals surface area contributed by atoms with Crippen molar-refractivity contribution in [2.75, 3.05) is 12.3 Å². The number of esters is 1. The quantitative estimate of drug-likeness (QED) is 0.606. The van der Waals surface area contributed by atoms with Crippen LogP contribution in [0, 0.1) is 0 Å². The molecule has 0 atom stereocenters. The lowest BCUT2D eigenvalue weighted by Gasteiger charge is -2.05. The van der Waals surface area contributed by atoms with Crippen molar-refractivity contribution < 1.29 is 14.3 Å². The van der Waals surface area contributed by atoms with Gasteiger partial charge in [-0.25, -0.2) is 0 Å². The van der Waals surface area contributed by atoms with E-state index in [4.69, 9.17) is 10.5 Å². The number of ketones is 1. The first kappa shape index (κ1) is 12.2. The van der Waals surface area contributed by atoms with Gasteiger partial charge in [0.1, 0.15) is 0 Å². The van der Waals surface area contributed by atoms with Crippen LogP contribution in [-0.2, 0) is 16.0 Å². The zero-order valence-corrected chi connectivity index (χ0v) is 9.32. The van der Waals surface area contributed by atoms with Crippen molar-refractivity contribution in [1.29, 1.82) is 0 Å². The summed E-state index contributed by atoms with van der Waals surface area (Å²) in [4.78, 5) is 26.4. The maximum Gasteiger partial charge on any atom is 0.311 e. The SMILES string of the molecule is CCOC(=O)Cc1cc(C(C)=O)c(N)cn1. The third-order valence-electron chi connectivity index (χ3n) is 2.00. The highest BCUT2D eigenvalue weighted by Crippen LogP contribution is 2.12. The van der Waals surface area contributed by atoms with Gasteiger partial charge in [0.05, 0.1) is 30.6 Å². The summed E-state index contributed by atoms with van der Waals surface area (Å²) >= 11 is 0. The standard InChI is InChI=1S/C11H14N2O3/c1-3-16-11(15)5-8-4-9(7(2)14)10(12)6-13-8/h4,6H,3,5,12H2,1-2H3. The minimum atomic E-state index is -0.366. The third kappa shape index (κ3) is 3.05. The van der Waals surface area contributed by atoms with E-state index in [-0.39, 0.29) is 18.2 Å². The third-order valence-corrected chi connectivity index (χ3v) is 2.00. The lowest BCUT2D eigenvalue weighted by atomic mass is 10.1.